The Morgan fingerprint density at radius 2 is 1.79 bits per heavy atom. The first-order valence-electron chi connectivity index (χ1n) is 4.11. The Morgan fingerprint density at radius 3 is 2.29 bits per heavy atom. The quantitative estimate of drug-likeness (QED) is 0.382. The molecule has 5 heteroatoms. The normalized spacial score (nSPS) is 9.00. The first-order valence-corrected chi connectivity index (χ1v) is 4.11. The van der Waals surface area contributed by atoms with Crippen molar-refractivity contribution in [1.29, 1.82) is 0 Å². The highest BCUT2D eigenvalue weighted by atomic mass is 16.7. The van der Waals surface area contributed by atoms with Crippen molar-refractivity contribution >= 4 is 12.1 Å². The van der Waals surface area contributed by atoms with Crippen molar-refractivity contribution in [3.05, 3.63) is 12.2 Å². The fourth-order valence-corrected chi connectivity index (χ4v) is 0.561. The van der Waals surface area contributed by atoms with Gasteiger partial charge < -0.3 is 14.2 Å². The zero-order valence-electron chi connectivity index (χ0n) is 8.37. The Hall–Kier alpha value is -1.52. The van der Waals surface area contributed by atoms with Gasteiger partial charge in [-0.25, -0.2) is 9.59 Å². The minimum Gasteiger partial charge on any atom is -0.462 e. The van der Waals surface area contributed by atoms with Crippen molar-refractivity contribution in [2.75, 3.05) is 20.3 Å². The van der Waals surface area contributed by atoms with Gasteiger partial charge in [-0.05, 0) is 6.92 Å². The van der Waals surface area contributed by atoms with E-state index in [9.17, 15) is 9.59 Å². The lowest BCUT2D eigenvalue weighted by Crippen LogP contribution is -2.10. The van der Waals surface area contributed by atoms with E-state index in [1.165, 1.54) is 7.11 Å². The molecule has 0 heterocycles. The number of hydrogen-bond acceptors (Lipinski definition) is 5. The van der Waals surface area contributed by atoms with Crippen LogP contribution in [0.15, 0.2) is 12.2 Å². The van der Waals surface area contributed by atoms with Gasteiger partial charge in [-0.3, -0.25) is 0 Å². The zero-order chi connectivity index (χ0) is 11.0. The van der Waals surface area contributed by atoms with E-state index in [2.05, 4.69) is 16.1 Å². The molecule has 0 spiro atoms. The summed E-state index contributed by atoms with van der Waals surface area (Å²) in [5.41, 5.74) is 0.346. The highest BCUT2D eigenvalue weighted by Crippen LogP contribution is 1.94. The van der Waals surface area contributed by atoms with Gasteiger partial charge in [0.2, 0.25) is 0 Å². The van der Waals surface area contributed by atoms with Gasteiger partial charge >= 0.3 is 12.1 Å². The summed E-state index contributed by atoms with van der Waals surface area (Å²) in [6, 6.07) is 0. The van der Waals surface area contributed by atoms with Crippen molar-refractivity contribution in [2.45, 2.75) is 13.3 Å². The van der Waals surface area contributed by atoms with Crippen LogP contribution in [0, 0.1) is 0 Å². The lowest BCUT2D eigenvalue weighted by atomic mass is 10.4. The summed E-state index contributed by atoms with van der Waals surface area (Å²) in [4.78, 5) is 21.3. The SMILES string of the molecule is C=C(C)C(=O)OCCCOC(=O)OC. The molecule has 0 aromatic heterocycles. The number of methoxy groups -OCH3 is 1. The van der Waals surface area contributed by atoms with Gasteiger partial charge in [-0.2, -0.15) is 0 Å². The highest BCUT2D eigenvalue weighted by Gasteiger charge is 2.03. The molecular formula is C9H14O5. The Morgan fingerprint density at radius 1 is 1.21 bits per heavy atom. The summed E-state index contributed by atoms with van der Waals surface area (Å²) >= 11 is 0. The van der Waals surface area contributed by atoms with Crippen LogP contribution in [0.2, 0.25) is 0 Å². The van der Waals surface area contributed by atoms with Crippen LogP contribution in [0.4, 0.5) is 4.79 Å². The topological polar surface area (TPSA) is 61.8 Å². The highest BCUT2D eigenvalue weighted by molar-refractivity contribution is 5.86. The second-order valence-electron chi connectivity index (χ2n) is 2.57. The minimum atomic E-state index is -0.740. The molecule has 0 aliphatic heterocycles. The summed E-state index contributed by atoms with van der Waals surface area (Å²) in [5.74, 6) is -0.442. The number of rotatable bonds is 5. The van der Waals surface area contributed by atoms with Gasteiger partial charge in [0.25, 0.3) is 0 Å². The van der Waals surface area contributed by atoms with Gasteiger partial charge in [-0.15, -0.1) is 0 Å². The molecule has 0 unspecified atom stereocenters. The minimum absolute atomic E-state index is 0.163. The summed E-state index contributed by atoms with van der Waals surface area (Å²) < 4.78 is 13.5. The van der Waals surface area contributed by atoms with E-state index in [1.54, 1.807) is 6.92 Å². The van der Waals surface area contributed by atoms with Crippen LogP contribution in [0.25, 0.3) is 0 Å². The first-order chi connectivity index (χ1) is 6.57. The van der Waals surface area contributed by atoms with Gasteiger partial charge in [0.15, 0.2) is 0 Å². The fraction of sp³-hybridized carbons (Fsp3) is 0.556. The smallest absolute Gasteiger partial charge is 0.462 e. The molecule has 0 radical (unpaired) electrons. The van der Waals surface area contributed by atoms with E-state index < -0.39 is 12.1 Å². The van der Waals surface area contributed by atoms with Crippen LogP contribution < -0.4 is 0 Å². The van der Waals surface area contributed by atoms with Gasteiger partial charge in [0.1, 0.15) is 0 Å². The third kappa shape index (κ3) is 6.05. The number of carbonyl (C=O) groups excluding carboxylic acids is 2. The molecule has 0 amide bonds. The molecule has 14 heavy (non-hydrogen) atoms. The Bertz CT molecular complexity index is 221. The van der Waals surface area contributed by atoms with Gasteiger partial charge in [0, 0.05) is 12.0 Å². The summed E-state index contributed by atoms with van der Waals surface area (Å²) in [5, 5.41) is 0. The maximum Gasteiger partial charge on any atom is 0.507 e. The molecule has 0 bridgehead atoms. The fourth-order valence-electron chi connectivity index (χ4n) is 0.561. The monoisotopic (exact) mass is 202 g/mol. The average molecular weight is 202 g/mol. The predicted molar refractivity (Wildman–Crippen MR) is 48.7 cm³/mol. The largest absolute Gasteiger partial charge is 0.507 e. The molecule has 0 atom stereocenters. The number of hydrogen-bond donors (Lipinski definition) is 0. The second-order valence-corrected chi connectivity index (χ2v) is 2.57. The molecule has 0 saturated heterocycles. The molecule has 0 N–H and O–H groups in total. The lowest BCUT2D eigenvalue weighted by Gasteiger charge is -2.04. The molecule has 5 nitrogen and oxygen atoms in total. The number of ether oxygens (including phenoxy) is 3. The average Bonchev–Trinajstić information content (AvgIpc) is 2.16. The third-order valence-electron chi connectivity index (χ3n) is 1.26. The molecule has 0 aromatic rings. The molecule has 0 fully saturated rings. The van der Waals surface area contributed by atoms with Crippen LogP contribution >= 0.6 is 0 Å². The molecule has 80 valence electrons. The van der Waals surface area contributed by atoms with Crippen LogP contribution in [-0.4, -0.2) is 32.4 Å². The first kappa shape index (κ1) is 12.5. The van der Waals surface area contributed by atoms with Crippen LogP contribution in [0.5, 0.6) is 0 Å². The van der Waals surface area contributed by atoms with E-state index in [-0.39, 0.29) is 13.2 Å². The molecule has 0 saturated carbocycles. The molecule has 0 aromatic carbocycles. The lowest BCUT2D eigenvalue weighted by molar-refractivity contribution is -0.139. The molecule has 0 rings (SSSR count). The predicted octanol–water partition coefficient (Wildman–Crippen LogP) is 1.28. The third-order valence-corrected chi connectivity index (χ3v) is 1.26. The maximum atomic E-state index is 10.8. The number of carbonyl (C=O) groups is 2. The van der Waals surface area contributed by atoms with Crippen LogP contribution in [-0.2, 0) is 19.0 Å². The van der Waals surface area contributed by atoms with Crippen molar-refractivity contribution in [2.24, 2.45) is 0 Å². The van der Waals surface area contributed by atoms with E-state index in [4.69, 9.17) is 4.74 Å². The van der Waals surface area contributed by atoms with Gasteiger partial charge in [0.05, 0.1) is 20.3 Å². The van der Waals surface area contributed by atoms with Crippen molar-refractivity contribution in [1.82, 2.24) is 0 Å². The Kier molecular flexibility index (Phi) is 6.19. The summed E-state index contributed by atoms with van der Waals surface area (Å²) in [7, 11) is 1.23. The standard InChI is InChI=1S/C9H14O5/c1-7(2)8(10)13-5-4-6-14-9(11)12-3/h1,4-6H2,2-3H3. The molecule has 0 aliphatic carbocycles. The van der Waals surface area contributed by atoms with Crippen molar-refractivity contribution < 1.29 is 23.8 Å². The van der Waals surface area contributed by atoms with E-state index >= 15 is 0 Å². The van der Waals surface area contributed by atoms with Crippen LogP contribution in [0.3, 0.4) is 0 Å². The van der Waals surface area contributed by atoms with Crippen molar-refractivity contribution in [3.8, 4) is 0 Å². The van der Waals surface area contributed by atoms with E-state index in [0.717, 1.165) is 0 Å². The summed E-state index contributed by atoms with van der Waals surface area (Å²) in [6.07, 6.45) is -0.301. The van der Waals surface area contributed by atoms with Gasteiger partial charge in [-0.1, -0.05) is 6.58 Å². The Balaban J connectivity index is 3.34. The van der Waals surface area contributed by atoms with Crippen molar-refractivity contribution in [3.63, 3.8) is 0 Å². The molecular weight excluding hydrogens is 188 g/mol. The zero-order valence-corrected chi connectivity index (χ0v) is 8.37. The Labute approximate surface area is 82.6 Å². The molecule has 0 aliphatic rings. The second kappa shape index (κ2) is 6.94. The maximum absolute atomic E-state index is 10.8. The summed E-state index contributed by atoms with van der Waals surface area (Å²) in [6.45, 7) is 5.34. The van der Waals surface area contributed by atoms with E-state index in [0.29, 0.717) is 12.0 Å². The number of esters is 1. The van der Waals surface area contributed by atoms with Crippen LogP contribution in [0.1, 0.15) is 13.3 Å². The van der Waals surface area contributed by atoms with E-state index in [1.807, 2.05) is 0 Å².